The Kier molecular flexibility index (Phi) is 5.00. The van der Waals surface area contributed by atoms with Gasteiger partial charge in [0.1, 0.15) is 10.5 Å². The fourth-order valence-corrected chi connectivity index (χ4v) is 5.43. The molecule has 0 aliphatic carbocycles. The first kappa shape index (κ1) is 19.7. The van der Waals surface area contributed by atoms with Crippen LogP contribution in [0, 0.1) is 17.8 Å². The highest BCUT2D eigenvalue weighted by Gasteiger charge is 2.68. The molecule has 0 unspecified atom stereocenters. The number of nitrogens with one attached hydrogen (secondary N) is 1. The van der Waals surface area contributed by atoms with Crippen LogP contribution in [0.4, 0.5) is 0 Å². The van der Waals surface area contributed by atoms with E-state index in [0.29, 0.717) is 5.01 Å². The lowest BCUT2D eigenvalue weighted by molar-refractivity contribution is -0.152. The number of nitrogens with zero attached hydrogens (tertiary/aromatic N) is 2. The van der Waals surface area contributed by atoms with Crippen LogP contribution in [0.1, 0.15) is 36.9 Å². The molecule has 2 aromatic rings. The first-order valence-electron chi connectivity index (χ1n) is 9.65. The topological polar surface area (TPSA) is 99.6 Å². The van der Waals surface area contributed by atoms with Crippen LogP contribution in [0.3, 0.4) is 0 Å². The largest absolute Gasteiger partial charge is 0.480 e. The summed E-state index contributed by atoms with van der Waals surface area (Å²) < 4.78 is 0. The van der Waals surface area contributed by atoms with Crippen molar-refractivity contribution < 1.29 is 19.5 Å². The van der Waals surface area contributed by atoms with Crippen molar-refractivity contribution in [2.45, 2.75) is 38.4 Å². The lowest BCUT2D eigenvalue weighted by Gasteiger charge is -2.32. The van der Waals surface area contributed by atoms with Crippen LogP contribution in [0.25, 0.3) is 0 Å². The summed E-state index contributed by atoms with van der Waals surface area (Å²) in [5.41, 5.74) is -0.661. The SMILES string of the molecule is CC(C)C[C@]1(C(=O)O)N[C@@H](c2nccs2)[C@H]2C(=O)N(Cc3ccccc3)C(=O)[C@H]21. The Morgan fingerprint density at radius 2 is 2.00 bits per heavy atom. The van der Waals surface area contributed by atoms with E-state index in [2.05, 4.69) is 10.3 Å². The highest BCUT2D eigenvalue weighted by molar-refractivity contribution is 7.09. The van der Waals surface area contributed by atoms with Crippen molar-refractivity contribution in [3.8, 4) is 0 Å². The molecule has 2 aliphatic rings. The molecule has 152 valence electrons. The number of fused-ring (bicyclic) bond motifs is 1. The number of carbonyl (C=O) groups excluding carboxylic acids is 2. The van der Waals surface area contributed by atoms with Gasteiger partial charge in [-0.15, -0.1) is 11.3 Å². The molecule has 0 spiro atoms. The molecule has 1 aromatic heterocycles. The third-order valence-corrected chi connectivity index (χ3v) is 6.62. The summed E-state index contributed by atoms with van der Waals surface area (Å²) in [6.45, 7) is 3.98. The number of imide groups is 1. The van der Waals surface area contributed by atoms with Gasteiger partial charge < -0.3 is 5.11 Å². The zero-order valence-corrected chi connectivity index (χ0v) is 17.1. The van der Waals surface area contributed by atoms with Gasteiger partial charge in [0.15, 0.2) is 0 Å². The fourth-order valence-electron chi connectivity index (χ4n) is 4.70. The van der Waals surface area contributed by atoms with Gasteiger partial charge in [0, 0.05) is 11.6 Å². The maximum absolute atomic E-state index is 13.4. The Balaban J connectivity index is 1.77. The molecule has 3 heterocycles. The molecular formula is C21H23N3O4S. The van der Waals surface area contributed by atoms with E-state index in [-0.39, 0.29) is 24.8 Å². The Bertz CT molecular complexity index is 931. The molecule has 0 radical (unpaired) electrons. The van der Waals surface area contributed by atoms with Gasteiger partial charge in [-0.3, -0.25) is 24.6 Å². The average molecular weight is 413 g/mol. The van der Waals surface area contributed by atoms with E-state index in [9.17, 15) is 19.5 Å². The van der Waals surface area contributed by atoms with E-state index in [1.54, 1.807) is 11.6 Å². The van der Waals surface area contributed by atoms with Crippen LogP contribution in [0.15, 0.2) is 41.9 Å². The molecule has 2 amide bonds. The molecule has 2 aliphatic heterocycles. The maximum atomic E-state index is 13.4. The number of carboxylic acid groups (broad SMARTS) is 1. The summed E-state index contributed by atoms with van der Waals surface area (Å²) in [6.07, 6.45) is 1.88. The molecule has 0 saturated carbocycles. The number of hydrogen-bond acceptors (Lipinski definition) is 6. The van der Waals surface area contributed by atoms with E-state index < -0.39 is 35.3 Å². The van der Waals surface area contributed by atoms with Crippen molar-refractivity contribution in [1.29, 1.82) is 0 Å². The quantitative estimate of drug-likeness (QED) is 0.706. The Morgan fingerprint density at radius 1 is 1.28 bits per heavy atom. The van der Waals surface area contributed by atoms with E-state index in [4.69, 9.17) is 0 Å². The Morgan fingerprint density at radius 3 is 2.59 bits per heavy atom. The van der Waals surface area contributed by atoms with Gasteiger partial charge in [-0.2, -0.15) is 0 Å². The number of amides is 2. The standard InChI is InChI=1S/C21H23N3O4S/c1-12(2)10-21(20(27)28)15-14(16(23-21)17-22-8-9-29-17)18(25)24(19(15)26)11-13-6-4-3-5-7-13/h3-9,12,14-16,23H,10-11H2,1-2H3,(H,27,28)/t14-,15-,16+,21-/m0/s1. The normalized spacial score (nSPS) is 28.9. The van der Waals surface area contributed by atoms with Gasteiger partial charge in [-0.1, -0.05) is 44.2 Å². The molecule has 29 heavy (non-hydrogen) atoms. The van der Waals surface area contributed by atoms with Gasteiger partial charge in [0.25, 0.3) is 0 Å². The molecule has 4 rings (SSSR count). The monoisotopic (exact) mass is 413 g/mol. The molecular weight excluding hydrogens is 390 g/mol. The van der Waals surface area contributed by atoms with Crippen LogP contribution >= 0.6 is 11.3 Å². The van der Waals surface area contributed by atoms with Gasteiger partial charge >= 0.3 is 5.97 Å². The summed E-state index contributed by atoms with van der Waals surface area (Å²) in [6, 6.07) is 8.68. The molecule has 4 atom stereocenters. The molecule has 0 bridgehead atoms. The summed E-state index contributed by atoms with van der Waals surface area (Å²) >= 11 is 1.36. The van der Waals surface area contributed by atoms with Gasteiger partial charge in [-0.05, 0) is 17.9 Å². The minimum Gasteiger partial charge on any atom is -0.480 e. The Labute approximate surface area is 172 Å². The number of benzene rings is 1. The number of carboxylic acids is 1. The summed E-state index contributed by atoms with van der Waals surface area (Å²) in [4.78, 5) is 44.8. The van der Waals surface area contributed by atoms with E-state index in [0.717, 1.165) is 5.56 Å². The number of thiazole rings is 1. The molecule has 2 fully saturated rings. The highest BCUT2D eigenvalue weighted by atomic mass is 32.1. The van der Waals surface area contributed by atoms with Crippen molar-refractivity contribution >= 4 is 29.1 Å². The van der Waals surface area contributed by atoms with Crippen molar-refractivity contribution in [2.75, 3.05) is 0 Å². The second-order valence-corrected chi connectivity index (χ2v) is 9.04. The van der Waals surface area contributed by atoms with E-state index >= 15 is 0 Å². The third-order valence-electron chi connectivity index (χ3n) is 5.76. The smallest absolute Gasteiger partial charge is 0.324 e. The van der Waals surface area contributed by atoms with Crippen LogP contribution in [0.5, 0.6) is 0 Å². The highest BCUT2D eigenvalue weighted by Crippen LogP contribution is 2.51. The summed E-state index contributed by atoms with van der Waals surface area (Å²) in [5, 5.41) is 15.8. The minimum absolute atomic E-state index is 0.0281. The van der Waals surface area contributed by atoms with Crippen molar-refractivity contribution in [3.63, 3.8) is 0 Å². The molecule has 7 nitrogen and oxygen atoms in total. The van der Waals surface area contributed by atoms with E-state index in [1.807, 2.05) is 44.2 Å². The lowest BCUT2D eigenvalue weighted by Crippen LogP contribution is -2.56. The molecule has 1 aromatic carbocycles. The first-order valence-corrected chi connectivity index (χ1v) is 10.5. The number of likely N-dealkylation sites (tertiary alicyclic amines) is 1. The zero-order chi connectivity index (χ0) is 20.8. The second kappa shape index (κ2) is 7.35. The van der Waals surface area contributed by atoms with Crippen molar-refractivity contribution in [1.82, 2.24) is 15.2 Å². The number of rotatable bonds is 6. The maximum Gasteiger partial charge on any atom is 0.324 e. The fraction of sp³-hybridized carbons (Fsp3) is 0.429. The van der Waals surface area contributed by atoms with Gasteiger partial charge in [0.2, 0.25) is 11.8 Å². The number of aliphatic carboxylic acids is 1. The van der Waals surface area contributed by atoms with Gasteiger partial charge in [0.05, 0.1) is 24.4 Å². The predicted molar refractivity (Wildman–Crippen MR) is 107 cm³/mol. The summed E-state index contributed by atoms with van der Waals surface area (Å²) in [7, 11) is 0. The van der Waals surface area contributed by atoms with Crippen LogP contribution in [0.2, 0.25) is 0 Å². The van der Waals surface area contributed by atoms with Crippen LogP contribution in [-0.2, 0) is 20.9 Å². The van der Waals surface area contributed by atoms with Crippen molar-refractivity contribution in [2.24, 2.45) is 17.8 Å². The predicted octanol–water partition coefficient (Wildman–Crippen LogP) is 2.46. The minimum atomic E-state index is -1.49. The van der Waals surface area contributed by atoms with Crippen molar-refractivity contribution in [3.05, 3.63) is 52.5 Å². The van der Waals surface area contributed by atoms with Crippen LogP contribution < -0.4 is 5.32 Å². The van der Waals surface area contributed by atoms with Crippen LogP contribution in [-0.4, -0.2) is 38.3 Å². The average Bonchev–Trinajstić information content (AvgIpc) is 3.37. The Hall–Kier alpha value is -2.58. The molecule has 8 heteroatoms. The second-order valence-electron chi connectivity index (χ2n) is 8.12. The number of aromatic nitrogens is 1. The lowest BCUT2D eigenvalue weighted by atomic mass is 9.75. The number of hydrogen-bond donors (Lipinski definition) is 2. The van der Waals surface area contributed by atoms with E-state index in [1.165, 1.54) is 16.2 Å². The summed E-state index contributed by atoms with van der Waals surface area (Å²) in [5.74, 6) is -3.54. The first-order chi connectivity index (χ1) is 13.8. The zero-order valence-electron chi connectivity index (χ0n) is 16.2. The van der Waals surface area contributed by atoms with Gasteiger partial charge in [-0.25, -0.2) is 4.98 Å². The molecule has 2 N–H and O–H groups in total. The third kappa shape index (κ3) is 3.16. The molecule has 2 saturated heterocycles. The number of carbonyl (C=O) groups is 3.